The normalized spacial score (nSPS) is 11.2. The van der Waals surface area contributed by atoms with Crippen molar-refractivity contribution in [2.45, 2.75) is 24.0 Å². The van der Waals surface area contributed by atoms with E-state index in [1.54, 1.807) is 11.4 Å². The first-order valence-corrected chi connectivity index (χ1v) is 12.5. The highest BCUT2D eigenvalue weighted by Gasteiger charge is 2.28. The van der Waals surface area contributed by atoms with Crippen LogP contribution < -0.4 is 14.4 Å². The molecule has 1 aromatic heterocycles. The maximum absolute atomic E-state index is 13.3. The second-order valence-corrected chi connectivity index (χ2v) is 9.99. The standard InChI is InChI=1S/C23H25FN2O4S2/c1-2-30-21-13-7-18(8-14-21)5-3-15-25-22(27)17-26(20-11-9-19(24)10-12-20)32(28,29)23-6-4-16-31-23/h4,6-14,16H,2-3,5,15,17H2,1H3,(H,25,27). The van der Waals surface area contributed by atoms with Crippen LogP contribution in [0.5, 0.6) is 5.75 Å². The Labute approximate surface area is 191 Å². The zero-order valence-electron chi connectivity index (χ0n) is 17.7. The van der Waals surface area contributed by atoms with Crippen molar-refractivity contribution in [2.24, 2.45) is 0 Å². The Hall–Kier alpha value is -2.91. The molecule has 3 aromatic rings. The molecule has 32 heavy (non-hydrogen) atoms. The van der Waals surface area contributed by atoms with E-state index in [9.17, 15) is 17.6 Å². The largest absolute Gasteiger partial charge is 0.494 e. The van der Waals surface area contributed by atoms with Gasteiger partial charge in [-0.1, -0.05) is 18.2 Å². The Balaban J connectivity index is 1.59. The molecule has 0 bridgehead atoms. The summed E-state index contributed by atoms with van der Waals surface area (Å²) < 4.78 is 46.0. The van der Waals surface area contributed by atoms with E-state index < -0.39 is 28.3 Å². The third kappa shape index (κ3) is 6.30. The zero-order valence-corrected chi connectivity index (χ0v) is 19.3. The van der Waals surface area contributed by atoms with Gasteiger partial charge in [0.2, 0.25) is 5.91 Å². The number of aryl methyl sites for hydroxylation is 1. The summed E-state index contributed by atoms with van der Waals surface area (Å²) in [6.45, 7) is 2.55. The van der Waals surface area contributed by atoms with Gasteiger partial charge in [0.1, 0.15) is 22.3 Å². The number of nitrogens with one attached hydrogen (secondary N) is 1. The van der Waals surface area contributed by atoms with Crippen LogP contribution in [0.3, 0.4) is 0 Å². The second-order valence-electron chi connectivity index (χ2n) is 6.95. The van der Waals surface area contributed by atoms with E-state index in [0.29, 0.717) is 19.6 Å². The number of anilines is 1. The summed E-state index contributed by atoms with van der Waals surface area (Å²) in [4.78, 5) is 12.5. The minimum absolute atomic E-state index is 0.116. The Morgan fingerprint density at radius 2 is 1.81 bits per heavy atom. The number of carbonyl (C=O) groups is 1. The molecule has 1 heterocycles. The molecule has 6 nitrogen and oxygen atoms in total. The molecule has 0 saturated carbocycles. The first-order chi connectivity index (χ1) is 15.4. The lowest BCUT2D eigenvalue weighted by Gasteiger charge is -2.23. The van der Waals surface area contributed by atoms with Crippen LogP contribution >= 0.6 is 11.3 Å². The van der Waals surface area contributed by atoms with Crippen molar-refractivity contribution in [1.29, 1.82) is 0 Å². The molecule has 0 fully saturated rings. The topological polar surface area (TPSA) is 75.7 Å². The molecule has 2 aromatic carbocycles. The average molecular weight is 477 g/mol. The van der Waals surface area contributed by atoms with Crippen molar-refractivity contribution in [1.82, 2.24) is 5.32 Å². The highest BCUT2D eigenvalue weighted by molar-refractivity contribution is 7.94. The highest BCUT2D eigenvalue weighted by atomic mass is 32.2. The summed E-state index contributed by atoms with van der Waals surface area (Å²) in [5, 5.41) is 4.42. The predicted molar refractivity (Wildman–Crippen MR) is 124 cm³/mol. The first-order valence-electron chi connectivity index (χ1n) is 10.2. The number of hydrogen-bond acceptors (Lipinski definition) is 5. The van der Waals surface area contributed by atoms with Gasteiger partial charge in [0, 0.05) is 6.54 Å². The number of hydrogen-bond donors (Lipinski definition) is 1. The van der Waals surface area contributed by atoms with E-state index >= 15 is 0 Å². The lowest BCUT2D eigenvalue weighted by molar-refractivity contribution is -0.119. The Morgan fingerprint density at radius 1 is 1.09 bits per heavy atom. The number of rotatable bonds is 11. The fourth-order valence-electron chi connectivity index (χ4n) is 3.07. The SMILES string of the molecule is CCOc1ccc(CCCNC(=O)CN(c2ccc(F)cc2)S(=O)(=O)c2cccs2)cc1. The smallest absolute Gasteiger partial charge is 0.274 e. The van der Waals surface area contributed by atoms with Gasteiger partial charge in [0.05, 0.1) is 12.3 Å². The van der Waals surface area contributed by atoms with Crippen molar-refractivity contribution in [2.75, 3.05) is 24.0 Å². The van der Waals surface area contributed by atoms with Crippen molar-refractivity contribution in [3.8, 4) is 5.75 Å². The number of amides is 1. The Kier molecular flexibility index (Phi) is 8.24. The molecule has 1 N–H and O–H groups in total. The monoisotopic (exact) mass is 476 g/mol. The minimum Gasteiger partial charge on any atom is -0.494 e. The van der Waals surface area contributed by atoms with Crippen molar-refractivity contribution >= 4 is 33.0 Å². The molecule has 0 aliphatic rings. The van der Waals surface area contributed by atoms with Gasteiger partial charge in [-0.2, -0.15) is 0 Å². The lowest BCUT2D eigenvalue weighted by Crippen LogP contribution is -2.41. The summed E-state index contributed by atoms with van der Waals surface area (Å²) in [7, 11) is -3.94. The third-order valence-electron chi connectivity index (χ3n) is 4.64. The maximum Gasteiger partial charge on any atom is 0.274 e. The molecule has 3 rings (SSSR count). The number of nitrogens with zero attached hydrogens (tertiary/aromatic N) is 1. The molecule has 0 aliphatic heterocycles. The number of carbonyl (C=O) groups excluding carboxylic acids is 1. The predicted octanol–water partition coefficient (Wildman–Crippen LogP) is 4.23. The molecule has 0 saturated heterocycles. The van der Waals surface area contributed by atoms with E-state index in [1.807, 2.05) is 31.2 Å². The number of ether oxygens (including phenoxy) is 1. The van der Waals surface area contributed by atoms with Gasteiger partial charge >= 0.3 is 0 Å². The van der Waals surface area contributed by atoms with Gasteiger partial charge in [0.15, 0.2) is 0 Å². The quantitative estimate of drug-likeness (QED) is 0.420. The van der Waals surface area contributed by atoms with E-state index in [2.05, 4.69) is 5.32 Å². The van der Waals surface area contributed by atoms with Crippen LogP contribution in [0.2, 0.25) is 0 Å². The van der Waals surface area contributed by atoms with Crippen LogP contribution in [0.15, 0.2) is 70.3 Å². The zero-order chi connectivity index (χ0) is 23.0. The summed E-state index contributed by atoms with van der Waals surface area (Å²) in [5.74, 6) is -0.0977. The molecule has 9 heteroatoms. The van der Waals surface area contributed by atoms with Gasteiger partial charge in [-0.25, -0.2) is 12.8 Å². The number of benzene rings is 2. The lowest BCUT2D eigenvalue weighted by atomic mass is 10.1. The van der Waals surface area contributed by atoms with Gasteiger partial charge < -0.3 is 10.1 Å². The van der Waals surface area contributed by atoms with E-state index in [4.69, 9.17) is 4.74 Å². The van der Waals surface area contributed by atoms with Crippen LogP contribution in [0, 0.1) is 5.82 Å². The van der Waals surface area contributed by atoms with Gasteiger partial charge in [0.25, 0.3) is 10.0 Å². The van der Waals surface area contributed by atoms with E-state index in [0.717, 1.165) is 33.4 Å². The van der Waals surface area contributed by atoms with Gasteiger partial charge in [-0.05, 0) is 73.2 Å². The van der Waals surface area contributed by atoms with E-state index in [-0.39, 0.29) is 9.90 Å². The van der Waals surface area contributed by atoms with Crippen LogP contribution in [-0.2, 0) is 21.2 Å². The van der Waals surface area contributed by atoms with Crippen LogP contribution in [-0.4, -0.2) is 34.0 Å². The molecule has 0 aliphatic carbocycles. The minimum atomic E-state index is -3.94. The molecule has 0 radical (unpaired) electrons. The van der Waals surface area contributed by atoms with Gasteiger partial charge in [-0.3, -0.25) is 9.10 Å². The molecule has 170 valence electrons. The molecular weight excluding hydrogens is 451 g/mol. The molecular formula is C23H25FN2O4S2. The van der Waals surface area contributed by atoms with Crippen LogP contribution in [0.4, 0.5) is 10.1 Å². The van der Waals surface area contributed by atoms with Crippen LogP contribution in [0.1, 0.15) is 18.9 Å². The highest BCUT2D eigenvalue weighted by Crippen LogP contribution is 2.26. The summed E-state index contributed by atoms with van der Waals surface area (Å²) in [5.41, 5.74) is 1.35. The number of halogens is 1. The summed E-state index contributed by atoms with van der Waals surface area (Å²) in [6, 6.07) is 15.9. The van der Waals surface area contributed by atoms with Crippen molar-refractivity contribution < 1.29 is 22.3 Å². The van der Waals surface area contributed by atoms with Gasteiger partial charge in [-0.15, -0.1) is 11.3 Å². The molecule has 0 spiro atoms. The third-order valence-corrected chi connectivity index (χ3v) is 7.79. The van der Waals surface area contributed by atoms with E-state index in [1.165, 1.54) is 30.3 Å². The second kappa shape index (κ2) is 11.1. The number of sulfonamides is 1. The molecule has 1 amide bonds. The molecule has 0 atom stereocenters. The summed E-state index contributed by atoms with van der Waals surface area (Å²) in [6.07, 6.45) is 1.47. The Morgan fingerprint density at radius 3 is 2.44 bits per heavy atom. The van der Waals surface area contributed by atoms with Crippen molar-refractivity contribution in [3.63, 3.8) is 0 Å². The molecule has 0 unspecified atom stereocenters. The first kappa shape index (κ1) is 23.7. The maximum atomic E-state index is 13.3. The average Bonchev–Trinajstić information content (AvgIpc) is 3.33. The van der Waals surface area contributed by atoms with Crippen LogP contribution in [0.25, 0.3) is 0 Å². The fourth-order valence-corrected chi connectivity index (χ4v) is 5.59. The fraction of sp³-hybridized carbons (Fsp3) is 0.261. The summed E-state index contributed by atoms with van der Waals surface area (Å²) >= 11 is 1.06. The van der Waals surface area contributed by atoms with Crippen molar-refractivity contribution in [3.05, 3.63) is 77.4 Å². The Bertz CT molecular complexity index is 1100. The number of thiophene rings is 1.